The molecule has 202 valence electrons. The number of carbonyl (C=O) groups excluding carboxylic acids is 2. The number of aryl methyl sites for hydroxylation is 2. The van der Waals surface area contributed by atoms with Crippen LogP contribution in [0.15, 0.2) is 71.6 Å². The highest BCUT2D eigenvalue weighted by molar-refractivity contribution is 7.92. The van der Waals surface area contributed by atoms with Gasteiger partial charge in [0, 0.05) is 23.1 Å². The van der Waals surface area contributed by atoms with E-state index in [9.17, 15) is 18.0 Å². The molecule has 0 saturated heterocycles. The predicted molar refractivity (Wildman–Crippen MR) is 152 cm³/mol. The van der Waals surface area contributed by atoms with Crippen LogP contribution in [-0.2, 0) is 26.2 Å². The summed E-state index contributed by atoms with van der Waals surface area (Å²) in [7, 11) is -4.17. The molecule has 3 aromatic rings. The van der Waals surface area contributed by atoms with Crippen LogP contribution in [0.2, 0.25) is 10.0 Å². The van der Waals surface area contributed by atoms with Gasteiger partial charge in [0.25, 0.3) is 10.0 Å². The highest BCUT2D eigenvalue weighted by Crippen LogP contribution is 2.30. The van der Waals surface area contributed by atoms with Gasteiger partial charge in [-0.1, -0.05) is 59.1 Å². The molecule has 0 saturated carbocycles. The number of benzene rings is 3. The Morgan fingerprint density at radius 3 is 2.24 bits per heavy atom. The monoisotopic (exact) mass is 575 g/mol. The van der Waals surface area contributed by atoms with Gasteiger partial charge in [-0.25, -0.2) is 8.42 Å². The third-order valence-corrected chi connectivity index (χ3v) is 8.33. The van der Waals surface area contributed by atoms with Crippen molar-refractivity contribution < 1.29 is 18.0 Å². The van der Waals surface area contributed by atoms with Crippen molar-refractivity contribution in [3.05, 3.63) is 93.5 Å². The van der Waals surface area contributed by atoms with Crippen LogP contribution in [0, 0.1) is 13.8 Å². The molecule has 1 atom stereocenters. The summed E-state index contributed by atoms with van der Waals surface area (Å²) in [6, 6.07) is 17.3. The maximum Gasteiger partial charge on any atom is 0.264 e. The molecule has 1 N–H and O–H groups in total. The Labute approximate surface area is 234 Å². The lowest BCUT2D eigenvalue weighted by Gasteiger charge is -2.32. The third kappa shape index (κ3) is 7.07. The molecule has 10 heteroatoms. The Bertz CT molecular complexity index is 1410. The fraction of sp³-hybridized carbons (Fsp3) is 0.286. The Balaban J connectivity index is 2.08. The normalized spacial score (nSPS) is 12.1. The Hall–Kier alpha value is -3.07. The van der Waals surface area contributed by atoms with Crippen LogP contribution in [0.1, 0.15) is 30.5 Å². The molecule has 0 aliphatic heterocycles. The lowest BCUT2D eigenvalue weighted by atomic mass is 10.1. The van der Waals surface area contributed by atoms with E-state index in [2.05, 4.69) is 5.32 Å². The number of amides is 2. The average molecular weight is 577 g/mol. The number of sulfonamides is 1. The van der Waals surface area contributed by atoms with Crippen LogP contribution in [0.25, 0.3) is 0 Å². The molecular formula is C28H31Cl2N3O4S. The van der Waals surface area contributed by atoms with Gasteiger partial charge in [0.2, 0.25) is 11.8 Å². The van der Waals surface area contributed by atoms with Crippen molar-refractivity contribution in [1.82, 2.24) is 10.2 Å². The molecule has 3 aromatic carbocycles. The quantitative estimate of drug-likeness (QED) is 0.352. The second-order valence-corrected chi connectivity index (χ2v) is 11.7. The van der Waals surface area contributed by atoms with E-state index >= 15 is 0 Å². The molecule has 38 heavy (non-hydrogen) atoms. The Morgan fingerprint density at radius 2 is 1.61 bits per heavy atom. The molecule has 0 aromatic heterocycles. The van der Waals surface area contributed by atoms with Gasteiger partial charge in [-0.2, -0.15) is 0 Å². The zero-order valence-corrected chi connectivity index (χ0v) is 24.1. The largest absolute Gasteiger partial charge is 0.355 e. The smallest absolute Gasteiger partial charge is 0.264 e. The molecule has 0 radical (unpaired) electrons. The number of anilines is 1. The number of hydrogen-bond donors (Lipinski definition) is 1. The lowest BCUT2D eigenvalue weighted by molar-refractivity contribution is -0.139. The van der Waals surface area contributed by atoms with Gasteiger partial charge in [0.05, 0.1) is 10.6 Å². The van der Waals surface area contributed by atoms with Crippen LogP contribution in [0.3, 0.4) is 0 Å². The van der Waals surface area contributed by atoms with Gasteiger partial charge in [-0.3, -0.25) is 13.9 Å². The van der Waals surface area contributed by atoms with E-state index in [1.165, 1.54) is 23.1 Å². The van der Waals surface area contributed by atoms with Crippen molar-refractivity contribution in [2.24, 2.45) is 0 Å². The van der Waals surface area contributed by atoms with Crippen molar-refractivity contribution in [3.8, 4) is 0 Å². The summed E-state index contributed by atoms with van der Waals surface area (Å²) in [5.74, 6) is -0.909. The van der Waals surface area contributed by atoms with E-state index in [0.717, 1.165) is 9.87 Å². The van der Waals surface area contributed by atoms with Gasteiger partial charge >= 0.3 is 0 Å². The van der Waals surface area contributed by atoms with Gasteiger partial charge in [0.1, 0.15) is 12.6 Å². The first kappa shape index (κ1) is 29.5. The molecule has 2 amide bonds. The number of rotatable bonds is 10. The van der Waals surface area contributed by atoms with Gasteiger partial charge in [0.15, 0.2) is 0 Å². The second-order valence-electron chi connectivity index (χ2n) is 8.98. The first-order valence-corrected chi connectivity index (χ1v) is 14.3. The Kier molecular flexibility index (Phi) is 9.82. The van der Waals surface area contributed by atoms with Crippen LogP contribution in [0.4, 0.5) is 5.69 Å². The minimum atomic E-state index is -4.17. The van der Waals surface area contributed by atoms with Crippen LogP contribution in [-0.4, -0.2) is 44.3 Å². The number of hydrogen-bond acceptors (Lipinski definition) is 4. The molecule has 0 aliphatic rings. The van der Waals surface area contributed by atoms with Crippen molar-refractivity contribution in [2.75, 3.05) is 17.4 Å². The van der Waals surface area contributed by atoms with E-state index in [1.807, 2.05) is 6.92 Å². The number of nitrogens with zero attached hydrogens (tertiary/aromatic N) is 2. The summed E-state index contributed by atoms with van der Waals surface area (Å²) in [5.41, 5.74) is 2.50. The summed E-state index contributed by atoms with van der Waals surface area (Å²) in [6.07, 6.45) is 0. The van der Waals surface area contributed by atoms with E-state index in [4.69, 9.17) is 23.2 Å². The molecule has 0 spiro atoms. The van der Waals surface area contributed by atoms with E-state index in [0.29, 0.717) is 27.7 Å². The molecule has 0 heterocycles. The maximum absolute atomic E-state index is 13.9. The minimum Gasteiger partial charge on any atom is -0.355 e. The summed E-state index contributed by atoms with van der Waals surface area (Å²) in [5, 5.41) is 3.54. The van der Waals surface area contributed by atoms with Crippen LogP contribution >= 0.6 is 23.2 Å². The molecule has 3 rings (SSSR count). The average Bonchev–Trinajstić information content (AvgIpc) is 2.87. The fourth-order valence-electron chi connectivity index (χ4n) is 3.94. The zero-order valence-electron chi connectivity index (χ0n) is 21.7. The molecule has 0 bridgehead atoms. The predicted octanol–water partition coefficient (Wildman–Crippen LogP) is 5.36. The molecule has 0 unspecified atom stereocenters. The summed E-state index contributed by atoms with van der Waals surface area (Å²) in [6.45, 7) is 6.90. The summed E-state index contributed by atoms with van der Waals surface area (Å²) < 4.78 is 28.8. The minimum absolute atomic E-state index is 0.0356. The van der Waals surface area contributed by atoms with E-state index in [-0.39, 0.29) is 23.0 Å². The van der Waals surface area contributed by atoms with Crippen LogP contribution in [0.5, 0.6) is 0 Å². The molecular weight excluding hydrogens is 545 g/mol. The highest BCUT2D eigenvalue weighted by Gasteiger charge is 2.33. The van der Waals surface area contributed by atoms with Crippen molar-refractivity contribution in [1.29, 1.82) is 0 Å². The summed E-state index contributed by atoms with van der Waals surface area (Å²) >= 11 is 12.4. The number of nitrogens with one attached hydrogen (secondary N) is 1. The van der Waals surface area contributed by atoms with Crippen molar-refractivity contribution >= 4 is 50.7 Å². The van der Waals surface area contributed by atoms with Crippen molar-refractivity contribution in [3.63, 3.8) is 0 Å². The second kappa shape index (κ2) is 12.7. The maximum atomic E-state index is 13.9. The molecule has 0 aliphatic carbocycles. The third-order valence-electron chi connectivity index (χ3n) is 6.09. The summed E-state index contributed by atoms with van der Waals surface area (Å²) in [4.78, 5) is 28.0. The first-order valence-electron chi connectivity index (χ1n) is 12.1. The lowest BCUT2D eigenvalue weighted by Crippen LogP contribution is -2.51. The topological polar surface area (TPSA) is 86.8 Å². The van der Waals surface area contributed by atoms with Gasteiger partial charge < -0.3 is 10.2 Å². The van der Waals surface area contributed by atoms with E-state index in [1.54, 1.807) is 69.3 Å². The number of likely N-dealkylation sites (N-methyl/N-ethyl adjacent to an activating group) is 1. The van der Waals surface area contributed by atoms with E-state index < -0.39 is 28.5 Å². The first-order chi connectivity index (χ1) is 17.9. The zero-order chi connectivity index (χ0) is 28.0. The number of halogens is 2. The SMILES string of the molecule is CCNC(=O)[C@@H](C)N(Cc1cccc(Cl)c1)C(=O)CN(c1cc(Cl)ccc1C)S(=O)(=O)c1ccc(C)cc1. The van der Waals surface area contributed by atoms with Crippen molar-refractivity contribution in [2.45, 2.75) is 45.2 Å². The Morgan fingerprint density at radius 1 is 0.947 bits per heavy atom. The fourth-order valence-corrected chi connectivity index (χ4v) is 5.79. The van der Waals surface area contributed by atoms with Gasteiger partial charge in [-0.05, 0) is 75.2 Å². The van der Waals surface area contributed by atoms with Crippen LogP contribution < -0.4 is 9.62 Å². The highest BCUT2D eigenvalue weighted by atomic mass is 35.5. The molecule has 7 nitrogen and oxygen atoms in total. The standard InChI is InChI=1S/C28H31Cl2N3O4S/c1-5-31-28(35)21(4)32(17-22-7-6-8-23(29)15-22)27(34)18-33(26-16-24(30)12-11-20(26)3)38(36,37)25-13-9-19(2)10-14-25/h6-16,21H,5,17-18H2,1-4H3,(H,31,35)/t21-/m1/s1. The number of carbonyl (C=O) groups is 2. The molecule has 0 fully saturated rings. The van der Waals surface area contributed by atoms with Gasteiger partial charge in [-0.15, -0.1) is 0 Å².